The third-order valence-corrected chi connectivity index (χ3v) is 10.4. The smallest absolute Gasteiger partial charge is 0.390 e. The molecule has 5 N–H and O–H groups in total. The highest BCUT2D eigenvalue weighted by atomic mass is 32.3. The number of aliphatic hydroxyl groups is 1. The molecule has 1 aliphatic carbocycles. The summed E-state index contributed by atoms with van der Waals surface area (Å²) in [4.78, 5) is 13.8. The number of hydrogen-bond acceptors (Lipinski definition) is 6. The monoisotopic (exact) mass is 631 g/mol. The van der Waals surface area contributed by atoms with Gasteiger partial charge in [-0.1, -0.05) is 61.4 Å². The first-order valence-corrected chi connectivity index (χ1v) is 16.8. The minimum absolute atomic E-state index is 0.0378. The van der Waals surface area contributed by atoms with E-state index in [1.54, 1.807) is 16.4 Å². The quantitative estimate of drug-likeness (QED) is 0.161. The van der Waals surface area contributed by atoms with Gasteiger partial charge in [0.05, 0.1) is 29.1 Å². The maximum Gasteiger partial charge on any atom is 0.416 e. The number of carbonyl (C=O) groups is 1. The molecule has 0 radical (unpaired) electrons. The lowest BCUT2D eigenvalue weighted by Crippen LogP contribution is -2.48. The fourth-order valence-corrected chi connectivity index (χ4v) is 7.73. The van der Waals surface area contributed by atoms with Crippen LogP contribution < -0.4 is 14.9 Å². The molecule has 0 aromatic heterocycles. The van der Waals surface area contributed by atoms with Crippen molar-refractivity contribution in [3.8, 4) is 0 Å². The third-order valence-electron chi connectivity index (χ3n) is 8.47. The summed E-state index contributed by atoms with van der Waals surface area (Å²) in [5.74, 6) is 0.192. The lowest BCUT2D eigenvalue weighted by Gasteiger charge is -2.38. The number of aliphatic hydroxyl groups excluding tert-OH is 1. The zero-order valence-electron chi connectivity index (χ0n) is 24.5. The zero-order valence-corrected chi connectivity index (χ0v) is 25.3. The van der Waals surface area contributed by atoms with Gasteiger partial charge in [-0.2, -0.15) is 13.2 Å². The van der Waals surface area contributed by atoms with Crippen molar-refractivity contribution >= 4 is 22.4 Å². The Morgan fingerprint density at radius 2 is 1.68 bits per heavy atom. The average molecular weight is 632 g/mol. The Hall–Kier alpha value is -3.09. The number of hydrogen-bond donors (Lipinski definition) is 5. The fourth-order valence-electron chi connectivity index (χ4n) is 6.13. The zero-order chi connectivity index (χ0) is 31.3. The molecule has 5 rings (SSSR count). The fraction of sp³-hybridized carbons (Fsp3) is 0.424. The molecule has 238 valence electrons. The second-order valence-corrected chi connectivity index (χ2v) is 13.9. The van der Waals surface area contributed by atoms with Gasteiger partial charge in [-0.15, -0.1) is 10.8 Å². The molecule has 2 atom stereocenters. The van der Waals surface area contributed by atoms with Crippen molar-refractivity contribution in [3.05, 3.63) is 101 Å². The highest BCUT2D eigenvalue weighted by Crippen LogP contribution is 2.51. The molecule has 1 saturated heterocycles. The Morgan fingerprint density at radius 3 is 2.36 bits per heavy atom. The molecule has 11 heteroatoms. The largest absolute Gasteiger partial charge is 0.416 e. The maximum absolute atomic E-state index is 13.8. The number of amides is 1. The Morgan fingerprint density at radius 1 is 0.955 bits per heavy atom. The molecule has 1 amide bonds. The first-order valence-electron chi connectivity index (χ1n) is 15.1. The Kier molecular flexibility index (Phi) is 10.2. The van der Waals surface area contributed by atoms with Crippen molar-refractivity contribution in [1.29, 1.82) is 0 Å². The van der Waals surface area contributed by atoms with Gasteiger partial charge in [0.25, 0.3) is 5.91 Å². The van der Waals surface area contributed by atoms with Crippen LogP contribution in [0.15, 0.2) is 72.8 Å². The number of carbonyl (C=O) groups excluding carboxylic acids is 1. The molecule has 7 nitrogen and oxygen atoms in total. The van der Waals surface area contributed by atoms with E-state index in [2.05, 4.69) is 10.6 Å². The summed E-state index contributed by atoms with van der Waals surface area (Å²) >= 11 is 0. The molecule has 44 heavy (non-hydrogen) atoms. The summed E-state index contributed by atoms with van der Waals surface area (Å²) in [6, 6.07) is 19.3. The highest BCUT2D eigenvalue weighted by Gasteiger charge is 2.32. The summed E-state index contributed by atoms with van der Waals surface area (Å²) in [5, 5.41) is 17.3. The van der Waals surface area contributed by atoms with Gasteiger partial charge < -0.3 is 15.7 Å². The summed E-state index contributed by atoms with van der Waals surface area (Å²) in [6.45, 7) is 0.641. The molecule has 1 heterocycles. The lowest BCUT2D eigenvalue weighted by atomic mass is 9.94. The number of rotatable bonds is 11. The number of alkyl halides is 3. The first-order chi connectivity index (χ1) is 21.0. The molecular weight excluding hydrogens is 591 g/mol. The minimum Gasteiger partial charge on any atom is -0.390 e. The summed E-state index contributed by atoms with van der Waals surface area (Å²) in [7, 11) is -2.95. The lowest BCUT2D eigenvalue weighted by molar-refractivity contribution is -0.137. The van der Waals surface area contributed by atoms with Crippen LogP contribution >= 0.6 is 10.8 Å². The van der Waals surface area contributed by atoms with E-state index < -0.39 is 34.7 Å². The van der Waals surface area contributed by atoms with Gasteiger partial charge in [-0.3, -0.25) is 18.2 Å². The molecule has 3 aromatic rings. The van der Waals surface area contributed by atoms with E-state index in [-0.39, 0.29) is 24.9 Å². The van der Waals surface area contributed by atoms with Gasteiger partial charge in [0.1, 0.15) is 0 Å². The molecule has 2 fully saturated rings. The summed E-state index contributed by atoms with van der Waals surface area (Å²) in [5.41, 5.74) is 2.59. The molecule has 0 spiro atoms. The highest BCUT2D eigenvalue weighted by molar-refractivity contribution is 8.25. The van der Waals surface area contributed by atoms with E-state index in [4.69, 9.17) is 0 Å². The van der Waals surface area contributed by atoms with E-state index in [0.29, 0.717) is 42.0 Å². The van der Waals surface area contributed by atoms with Crippen molar-refractivity contribution in [2.24, 2.45) is 0 Å². The van der Waals surface area contributed by atoms with Crippen molar-refractivity contribution in [2.45, 2.75) is 69.3 Å². The first kappa shape index (κ1) is 32.3. The predicted octanol–water partition coefficient (Wildman–Crippen LogP) is 6.73. The van der Waals surface area contributed by atoms with Crippen LogP contribution in [0.1, 0.15) is 70.6 Å². The number of nitrogens with zero attached hydrogens (tertiary/aromatic N) is 1. The van der Waals surface area contributed by atoms with Gasteiger partial charge in [-0.05, 0) is 72.6 Å². The number of halogens is 3. The predicted molar refractivity (Wildman–Crippen MR) is 168 cm³/mol. The van der Waals surface area contributed by atoms with Crippen LogP contribution in [0.2, 0.25) is 0 Å². The van der Waals surface area contributed by atoms with Gasteiger partial charge in [0, 0.05) is 25.2 Å². The molecule has 1 aliphatic heterocycles. The topological polar surface area (TPSA) is 105 Å². The Balaban J connectivity index is 1.34. The van der Waals surface area contributed by atoms with Crippen molar-refractivity contribution in [2.75, 3.05) is 23.1 Å². The van der Waals surface area contributed by atoms with Gasteiger partial charge in [0.2, 0.25) is 0 Å². The van der Waals surface area contributed by atoms with Crippen LogP contribution in [0.4, 0.5) is 18.9 Å². The molecule has 2 aliphatic rings. The van der Waals surface area contributed by atoms with Crippen LogP contribution in [0, 0.1) is 0 Å². The van der Waals surface area contributed by atoms with E-state index >= 15 is 0 Å². The van der Waals surface area contributed by atoms with Crippen molar-refractivity contribution in [3.63, 3.8) is 0 Å². The molecule has 0 bridgehead atoms. The second-order valence-electron chi connectivity index (χ2n) is 11.8. The maximum atomic E-state index is 13.8. The Bertz CT molecular complexity index is 1420. The third kappa shape index (κ3) is 8.13. The van der Waals surface area contributed by atoms with Gasteiger partial charge >= 0.3 is 6.18 Å². The van der Waals surface area contributed by atoms with E-state index in [1.807, 2.05) is 42.5 Å². The van der Waals surface area contributed by atoms with Crippen molar-refractivity contribution in [1.82, 2.24) is 10.6 Å². The number of nitrogens with one attached hydrogen (secondary N) is 2. The van der Waals surface area contributed by atoms with Gasteiger partial charge in [0.15, 0.2) is 0 Å². The Labute approximate surface area is 258 Å². The SMILES string of the molecule is O=C(N[C@@H](Cc1ccccc1)[C@H](O)CNCc1cccc(C(F)(F)F)c1)c1cc(C2CCCC2)cc(N2CCCS2(O)O)c1. The normalized spacial score (nSPS) is 19.1. The molecule has 0 unspecified atom stereocenters. The molecule has 1 saturated carbocycles. The van der Waals surface area contributed by atoms with Crippen molar-refractivity contribution < 1.29 is 32.2 Å². The number of benzene rings is 3. The second kappa shape index (κ2) is 13.9. The molecule has 3 aromatic carbocycles. The van der Waals surface area contributed by atoms with Crippen LogP contribution in [0.5, 0.6) is 0 Å². The molecular formula is C33H40F3N3O4S. The average Bonchev–Trinajstić information content (AvgIpc) is 3.66. The van der Waals surface area contributed by atoms with Gasteiger partial charge in [-0.25, -0.2) is 0 Å². The summed E-state index contributed by atoms with van der Waals surface area (Å²) in [6.07, 6.45) is -0.282. The van der Waals surface area contributed by atoms with Crippen LogP contribution in [0.25, 0.3) is 0 Å². The van der Waals surface area contributed by atoms with Crippen LogP contribution in [-0.4, -0.2) is 51.1 Å². The standard InChI is InChI=1S/C33H40F3N3O4S/c34-33(35,36)28-13-6-10-24(16-28)21-37-22-31(40)30(17-23-8-2-1-3-9-23)38-32(41)27-18-26(25-11-4-5-12-25)19-29(20-27)39-14-7-15-44(39,42)43/h1-3,6,8-10,13,16,18-20,25,30-31,37,40,42-43H,4-5,7,11-12,14-15,17,21-22H2,(H,38,41)/t30-,31+/m0/s1. The van der Waals surface area contributed by atoms with Crippen LogP contribution in [0.3, 0.4) is 0 Å². The van der Waals surface area contributed by atoms with E-state index in [0.717, 1.165) is 48.9 Å². The van der Waals surface area contributed by atoms with E-state index in [9.17, 15) is 32.2 Å². The van der Waals surface area contributed by atoms with Crippen LogP contribution in [-0.2, 0) is 19.1 Å². The summed E-state index contributed by atoms with van der Waals surface area (Å²) < 4.78 is 62.3. The minimum atomic E-state index is -4.44. The number of anilines is 1. The van der Waals surface area contributed by atoms with E-state index in [1.165, 1.54) is 6.07 Å².